The van der Waals surface area contributed by atoms with Crippen molar-refractivity contribution in [3.8, 4) is 0 Å². The van der Waals surface area contributed by atoms with Crippen LogP contribution in [0, 0.1) is 0 Å². The predicted octanol–water partition coefficient (Wildman–Crippen LogP) is 1.83. The quantitative estimate of drug-likeness (QED) is 0.815. The molecule has 0 spiro atoms. The van der Waals surface area contributed by atoms with Crippen LogP contribution in [0.1, 0.15) is 18.1 Å². The Hall–Kier alpha value is -1.36. The number of hydrogen-bond donors (Lipinski definition) is 2. The van der Waals surface area contributed by atoms with E-state index in [2.05, 4.69) is 16.7 Å². The highest BCUT2D eigenvalue weighted by molar-refractivity contribution is 5.85. The first-order valence-electron chi connectivity index (χ1n) is 6.55. The summed E-state index contributed by atoms with van der Waals surface area (Å²) in [5, 5.41) is 6.19. The molecule has 0 radical (unpaired) electrons. The van der Waals surface area contributed by atoms with E-state index in [0.717, 1.165) is 25.1 Å². The molecule has 20 heavy (non-hydrogen) atoms. The first-order chi connectivity index (χ1) is 9.31. The number of rotatable bonds is 5. The average molecular weight is 297 g/mol. The van der Waals surface area contributed by atoms with Crippen LogP contribution >= 0.6 is 12.4 Å². The van der Waals surface area contributed by atoms with Crippen molar-refractivity contribution in [2.75, 3.05) is 26.7 Å². The summed E-state index contributed by atoms with van der Waals surface area (Å²) >= 11 is 0. The Bertz CT molecular complexity index is 448. The fourth-order valence-corrected chi connectivity index (χ4v) is 2.15. The van der Waals surface area contributed by atoms with Gasteiger partial charge in [0.15, 0.2) is 6.10 Å². The Morgan fingerprint density at radius 1 is 1.40 bits per heavy atom. The van der Waals surface area contributed by atoms with Gasteiger partial charge in [-0.05, 0) is 18.5 Å². The third kappa shape index (κ3) is 4.63. The van der Waals surface area contributed by atoms with E-state index in [1.165, 1.54) is 5.57 Å². The highest BCUT2D eigenvalue weighted by atomic mass is 35.5. The second-order valence-corrected chi connectivity index (χ2v) is 4.56. The van der Waals surface area contributed by atoms with E-state index in [1.807, 2.05) is 30.3 Å². The maximum Gasteiger partial charge on any atom is 0.254 e. The van der Waals surface area contributed by atoms with Crippen LogP contribution in [-0.2, 0) is 9.53 Å². The number of carbonyl (C=O) groups excluding carboxylic acids is 1. The SMILES string of the molecule is COC(C(=O)NCC1=CCNCC1)c1ccccc1.Cl. The van der Waals surface area contributed by atoms with Crippen molar-refractivity contribution in [2.45, 2.75) is 12.5 Å². The fourth-order valence-electron chi connectivity index (χ4n) is 2.15. The molecular weight excluding hydrogens is 276 g/mol. The van der Waals surface area contributed by atoms with Gasteiger partial charge in [0.05, 0.1) is 0 Å². The van der Waals surface area contributed by atoms with Gasteiger partial charge in [0.1, 0.15) is 0 Å². The maximum absolute atomic E-state index is 12.1. The minimum atomic E-state index is -0.538. The van der Waals surface area contributed by atoms with Gasteiger partial charge in [-0.15, -0.1) is 12.4 Å². The number of hydrogen-bond acceptors (Lipinski definition) is 3. The van der Waals surface area contributed by atoms with Gasteiger partial charge in [-0.25, -0.2) is 0 Å². The van der Waals surface area contributed by atoms with Gasteiger partial charge in [-0.2, -0.15) is 0 Å². The highest BCUT2D eigenvalue weighted by Crippen LogP contribution is 2.16. The van der Waals surface area contributed by atoms with E-state index in [9.17, 15) is 4.79 Å². The Labute approximate surface area is 126 Å². The zero-order valence-corrected chi connectivity index (χ0v) is 12.4. The van der Waals surface area contributed by atoms with Gasteiger partial charge in [-0.3, -0.25) is 4.79 Å². The third-order valence-electron chi connectivity index (χ3n) is 3.22. The van der Waals surface area contributed by atoms with Crippen LogP contribution < -0.4 is 10.6 Å². The number of methoxy groups -OCH3 is 1. The average Bonchev–Trinajstić information content (AvgIpc) is 2.48. The molecule has 2 rings (SSSR count). The number of ether oxygens (including phenoxy) is 1. The molecule has 110 valence electrons. The van der Waals surface area contributed by atoms with Gasteiger partial charge < -0.3 is 15.4 Å². The van der Waals surface area contributed by atoms with Crippen LogP contribution in [-0.4, -0.2) is 32.7 Å². The van der Waals surface area contributed by atoms with E-state index in [1.54, 1.807) is 7.11 Å². The van der Waals surface area contributed by atoms with E-state index >= 15 is 0 Å². The summed E-state index contributed by atoms with van der Waals surface area (Å²) in [7, 11) is 1.56. The summed E-state index contributed by atoms with van der Waals surface area (Å²) in [4.78, 5) is 12.1. The maximum atomic E-state index is 12.1. The van der Waals surface area contributed by atoms with Crippen LogP contribution in [0.2, 0.25) is 0 Å². The van der Waals surface area contributed by atoms with Gasteiger partial charge in [0, 0.05) is 20.2 Å². The number of amides is 1. The molecule has 0 aromatic heterocycles. The molecule has 4 nitrogen and oxygen atoms in total. The molecule has 1 atom stereocenters. The van der Waals surface area contributed by atoms with E-state index in [0.29, 0.717) is 6.54 Å². The Balaban J connectivity index is 0.00000200. The molecule has 1 heterocycles. The monoisotopic (exact) mass is 296 g/mol. The fraction of sp³-hybridized carbons (Fsp3) is 0.400. The van der Waals surface area contributed by atoms with Crippen LogP contribution in [0.5, 0.6) is 0 Å². The summed E-state index contributed by atoms with van der Waals surface area (Å²) in [6.45, 7) is 2.47. The zero-order valence-electron chi connectivity index (χ0n) is 11.6. The number of nitrogens with one attached hydrogen (secondary N) is 2. The summed E-state index contributed by atoms with van der Waals surface area (Å²) in [5.74, 6) is -0.0897. The largest absolute Gasteiger partial charge is 0.367 e. The number of carbonyl (C=O) groups is 1. The van der Waals surface area contributed by atoms with Crippen molar-refractivity contribution in [1.29, 1.82) is 0 Å². The molecule has 0 saturated carbocycles. The number of benzene rings is 1. The third-order valence-corrected chi connectivity index (χ3v) is 3.22. The minimum Gasteiger partial charge on any atom is -0.367 e. The normalized spacial score (nSPS) is 15.8. The first-order valence-corrected chi connectivity index (χ1v) is 6.55. The lowest BCUT2D eigenvalue weighted by Crippen LogP contribution is -2.33. The second-order valence-electron chi connectivity index (χ2n) is 4.56. The summed E-state index contributed by atoms with van der Waals surface area (Å²) < 4.78 is 5.29. The molecule has 1 aliphatic heterocycles. The van der Waals surface area contributed by atoms with Crippen molar-refractivity contribution in [3.63, 3.8) is 0 Å². The molecule has 0 bridgehead atoms. The highest BCUT2D eigenvalue weighted by Gasteiger charge is 2.19. The van der Waals surface area contributed by atoms with Crippen molar-refractivity contribution in [2.24, 2.45) is 0 Å². The van der Waals surface area contributed by atoms with E-state index in [-0.39, 0.29) is 18.3 Å². The van der Waals surface area contributed by atoms with Gasteiger partial charge >= 0.3 is 0 Å². The molecule has 1 amide bonds. The zero-order chi connectivity index (χ0) is 13.5. The van der Waals surface area contributed by atoms with Gasteiger partial charge in [-0.1, -0.05) is 42.0 Å². The molecule has 1 aliphatic rings. The summed E-state index contributed by atoms with van der Waals surface area (Å²) in [5.41, 5.74) is 2.15. The van der Waals surface area contributed by atoms with Crippen molar-refractivity contribution in [1.82, 2.24) is 10.6 Å². The topological polar surface area (TPSA) is 50.4 Å². The van der Waals surface area contributed by atoms with Crippen molar-refractivity contribution >= 4 is 18.3 Å². The molecular formula is C15H21ClN2O2. The van der Waals surface area contributed by atoms with Crippen LogP contribution in [0.4, 0.5) is 0 Å². The Kier molecular flexibility index (Phi) is 7.30. The predicted molar refractivity (Wildman–Crippen MR) is 82.0 cm³/mol. The van der Waals surface area contributed by atoms with Gasteiger partial charge in [0.2, 0.25) is 0 Å². The van der Waals surface area contributed by atoms with E-state index in [4.69, 9.17) is 4.74 Å². The molecule has 1 aromatic rings. The molecule has 0 saturated heterocycles. The van der Waals surface area contributed by atoms with E-state index < -0.39 is 6.10 Å². The standard InChI is InChI=1S/C15H20N2O2.ClH/c1-19-14(13-5-3-2-4-6-13)15(18)17-11-12-7-9-16-10-8-12;/h2-7,14,16H,8-11H2,1H3,(H,17,18);1H. The molecule has 5 heteroatoms. The lowest BCUT2D eigenvalue weighted by atomic mass is 10.1. The van der Waals surface area contributed by atoms with Crippen LogP contribution in [0.15, 0.2) is 42.0 Å². The molecule has 0 aliphatic carbocycles. The van der Waals surface area contributed by atoms with Crippen molar-refractivity contribution in [3.05, 3.63) is 47.5 Å². The van der Waals surface area contributed by atoms with Crippen LogP contribution in [0.25, 0.3) is 0 Å². The smallest absolute Gasteiger partial charge is 0.254 e. The lowest BCUT2D eigenvalue weighted by Gasteiger charge is -2.18. The van der Waals surface area contributed by atoms with Gasteiger partial charge in [0.25, 0.3) is 5.91 Å². The lowest BCUT2D eigenvalue weighted by molar-refractivity contribution is -0.131. The Morgan fingerprint density at radius 3 is 2.75 bits per heavy atom. The molecule has 2 N–H and O–H groups in total. The molecule has 1 unspecified atom stereocenters. The Morgan fingerprint density at radius 2 is 2.15 bits per heavy atom. The minimum absolute atomic E-state index is 0. The molecule has 0 fully saturated rings. The van der Waals surface area contributed by atoms with Crippen molar-refractivity contribution < 1.29 is 9.53 Å². The summed E-state index contributed by atoms with van der Waals surface area (Å²) in [6, 6.07) is 9.54. The van der Waals surface area contributed by atoms with Crippen LogP contribution in [0.3, 0.4) is 0 Å². The first kappa shape index (κ1) is 16.7. The second kappa shape index (κ2) is 8.74. The number of halogens is 1. The molecule has 1 aromatic carbocycles. The summed E-state index contributed by atoms with van der Waals surface area (Å²) in [6.07, 6.45) is 2.58.